The summed E-state index contributed by atoms with van der Waals surface area (Å²) in [6, 6.07) is 26.9. The summed E-state index contributed by atoms with van der Waals surface area (Å²) in [6.07, 6.45) is 1.55. The van der Waals surface area contributed by atoms with Crippen LogP contribution < -0.4 is 20.7 Å². The smallest absolute Gasteiger partial charge is 0.337 e. The highest BCUT2D eigenvalue weighted by Gasteiger charge is 2.19. The van der Waals surface area contributed by atoms with E-state index in [1.807, 2.05) is 13.0 Å². The van der Waals surface area contributed by atoms with Gasteiger partial charge in [0.05, 0.1) is 22.4 Å². The molecule has 3 amide bonds. The third kappa shape index (κ3) is 9.21. The van der Waals surface area contributed by atoms with Gasteiger partial charge in [-0.1, -0.05) is 54.1 Å². The van der Waals surface area contributed by atoms with Gasteiger partial charge in [-0.15, -0.1) is 11.8 Å². The SMILES string of the molecule is CCOc1ccccc1/C=C(/NC(=O)c1ccccc1)C(=O)Nc1cccc(SC(C)C(=O)Nc2ccc(Cl)c(C(=O)O)c2)c1. The Bertz CT molecular complexity index is 1750. The minimum Gasteiger partial charge on any atom is -0.493 e. The van der Waals surface area contributed by atoms with Crippen LogP contribution in [0.5, 0.6) is 5.75 Å². The molecule has 0 aromatic heterocycles. The number of carboxylic acids is 1. The number of carbonyl (C=O) groups is 4. The summed E-state index contributed by atoms with van der Waals surface area (Å²) in [6.45, 7) is 3.98. The standard InChI is InChI=1S/C34H30ClN3O6S/c1-3-44-30-15-8-7-12-23(30)18-29(38-32(40)22-10-5-4-6-11-22)33(41)37-24-13-9-14-26(19-24)45-21(2)31(39)36-25-16-17-28(35)27(20-25)34(42)43/h4-21H,3H2,1-2H3,(H,36,39)(H,37,41)(H,38,40)(H,42,43)/b29-18+. The van der Waals surface area contributed by atoms with E-state index >= 15 is 0 Å². The summed E-state index contributed by atoms with van der Waals surface area (Å²) in [5.41, 5.74) is 1.63. The molecule has 4 aromatic rings. The molecular formula is C34H30ClN3O6S. The van der Waals surface area contributed by atoms with E-state index in [9.17, 15) is 24.3 Å². The lowest BCUT2D eigenvalue weighted by Crippen LogP contribution is -2.30. The summed E-state index contributed by atoms with van der Waals surface area (Å²) >= 11 is 7.17. The molecule has 0 aliphatic rings. The molecule has 1 unspecified atom stereocenters. The van der Waals surface area contributed by atoms with Gasteiger partial charge in [0.25, 0.3) is 11.8 Å². The second kappa shape index (κ2) is 15.6. The number of nitrogens with one attached hydrogen (secondary N) is 3. The molecule has 1 atom stereocenters. The van der Waals surface area contributed by atoms with Crippen LogP contribution in [0.25, 0.3) is 6.08 Å². The average molecular weight is 644 g/mol. The lowest BCUT2D eigenvalue weighted by molar-refractivity contribution is -0.115. The zero-order valence-corrected chi connectivity index (χ0v) is 25.9. The van der Waals surface area contributed by atoms with Crippen molar-refractivity contribution in [3.05, 3.63) is 124 Å². The number of amides is 3. The molecule has 0 radical (unpaired) electrons. The maximum Gasteiger partial charge on any atom is 0.337 e. The number of carbonyl (C=O) groups excluding carboxylic acids is 3. The van der Waals surface area contributed by atoms with Crippen LogP contribution in [0.1, 0.15) is 40.1 Å². The highest BCUT2D eigenvalue weighted by molar-refractivity contribution is 8.00. The number of hydrogen-bond donors (Lipinski definition) is 4. The summed E-state index contributed by atoms with van der Waals surface area (Å²) < 4.78 is 5.70. The van der Waals surface area contributed by atoms with Gasteiger partial charge in [-0.2, -0.15) is 0 Å². The molecule has 4 rings (SSSR count). The van der Waals surface area contributed by atoms with Crippen molar-refractivity contribution >= 4 is 64.5 Å². The lowest BCUT2D eigenvalue weighted by Gasteiger charge is -2.15. The first-order chi connectivity index (χ1) is 21.6. The molecule has 4 N–H and O–H groups in total. The van der Waals surface area contributed by atoms with Crippen LogP contribution >= 0.6 is 23.4 Å². The molecule has 45 heavy (non-hydrogen) atoms. The van der Waals surface area contributed by atoms with Gasteiger partial charge in [0.2, 0.25) is 5.91 Å². The molecule has 9 nitrogen and oxygen atoms in total. The number of thioether (sulfide) groups is 1. The van der Waals surface area contributed by atoms with Crippen molar-refractivity contribution in [1.82, 2.24) is 5.32 Å². The molecule has 0 heterocycles. The van der Waals surface area contributed by atoms with Crippen molar-refractivity contribution in [3.8, 4) is 5.75 Å². The van der Waals surface area contributed by atoms with E-state index in [-0.39, 0.29) is 22.2 Å². The predicted octanol–water partition coefficient (Wildman–Crippen LogP) is 6.97. The molecule has 0 bridgehead atoms. The summed E-state index contributed by atoms with van der Waals surface area (Å²) in [5.74, 6) is -2.01. The fraction of sp³-hybridized carbons (Fsp3) is 0.118. The van der Waals surface area contributed by atoms with Crippen LogP contribution in [0.3, 0.4) is 0 Å². The van der Waals surface area contributed by atoms with Crippen LogP contribution in [0.4, 0.5) is 11.4 Å². The highest BCUT2D eigenvalue weighted by Crippen LogP contribution is 2.28. The molecule has 4 aromatic carbocycles. The van der Waals surface area contributed by atoms with Gasteiger partial charge < -0.3 is 25.8 Å². The van der Waals surface area contributed by atoms with E-state index in [1.54, 1.807) is 85.8 Å². The lowest BCUT2D eigenvalue weighted by atomic mass is 10.1. The highest BCUT2D eigenvalue weighted by atomic mass is 35.5. The molecular weight excluding hydrogens is 614 g/mol. The molecule has 0 saturated carbocycles. The Hall–Kier alpha value is -5.06. The van der Waals surface area contributed by atoms with E-state index in [2.05, 4.69) is 16.0 Å². The number of para-hydroxylation sites is 1. The Morgan fingerprint density at radius 3 is 2.33 bits per heavy atom. The Morgan fingerprint density at radius 1 is 0.889 bits per heavy atom. The Labute approximate surface area is 269 Å². The maximum atomic E-state index is 13.5. The molecule has 0 aliphatic heterocycles. The number of aromatic carboxylic acids is 1. The number of rotatable bonds is 12. The molecule has 0 spiro atoms. The monoisotopic (exact) mass is 643 g/mol. The van der Waals surface area contributed by atoms with Crippen LogP contribution in [-0.2, 0) is 9.59 Å². The fourth-order valence-corrected chi connectivity index (χ4v) is 5.22. The largest absolute Gasteiger partial charge is 0.493 e. The van der Waals surface area contributed by atoms with E-state index in [1.165, 1.54) is 30.0 Å². The average Bonchev–Trinajstić information content (AvgIpc) is 3.03. The van der Waals surface area contributed by atoms with Gasteiger partial charge in [-0.3, -0.25) is 14.4 Å². The number of ether oxygens (including phenoxy) is 1. The summed E-state index contributed by atoms with van der Waals surface area (Å²) in [4.78, 5) is 51.5. The molecule has 11 heteroatoms. The van der Waals surface area contributed by atoms with Crippen molar-refractivity contribution in [3.63, 3.8) is 0 Å². The maximum absolute atomic E-state index is 13.5. The number of benzene rings is 4. The van der Waals surface area contributed by atoms with Gasteiger partial charge in [0.1, 0.15) is 11.4 Å². The predicted molar refractivity (Wildman–Crippen MR) is 177 cm³/mol. The minimum absolute atomic E-state index is 0.00510. The topological polar surface area (TPSA) is 134 Å². The van der Waals surface area contributed by atoms with E-state index in [0.29, 0.717) is 39.8 Å². The van der Waals surface area contributed by atoms with Crippen molar-refractivity contribution in [2.75, 3.05) is 17.2 Å². The van der Waals surface area contributed by atoms with E-state index in [4.69, 9.17) is 16.3 Å². The summed E-state index contributed by atoms with van der Waals surface area (Å²) in [5, 5.41) is 17.0. The Balaban J connectivity index is 1.50. The first-order valence-electron chi connectivity index (χ1n) is 13.9. The van der Waals surface area contributed by atoms with Gasteiger partial charge >= 0.3 is 5.97 Å². The van der Waals surface area contributed by atoms with E-state index < -0.39 is 23.0 Å². The van der Waals surface area contributed by atoms with Gasteiger partial charge in [-0.05, 0) is 74.5 Å². The second-order valence-electron chi connectivity index (χ2n) is 9.58. The van der Waals surface area contributed by atoms with Crippen LogP contribution in [0.15, 0.2) is 108 Å². The van der Waals surface area contributed by atoms with Crippen molar-refractivity contribution in [1.29, 1.82) is 0 Å². The third-order valence-electron chi connectivity index (χ3n) is 6.29. The van der Waals surface area contributed by atoms with Crippen molar-refractivity contribution in [2.45, 2.75) is 24.0 Å². The zero-order chi connectivity index (χ0) is 32.3. The molecule has 0 aliphatic carbocycles. The molecule has 0 fully saturated rings. The first-order valence-corrected chi connectivity index (χ1v) is 15.1. The molecule has 230 valence electrons. The third-order valence-corrected chi connectivity index (χ3v) is 7.71. The quantitative estimate of drug-likeness (QED) is 0.0968. The number of hydrogen-bond acceptors (Lipinski definition) is 6. The molecule has 0 saturated heterocycles. The first kappa shape index (κ1) is 32.8. The minimum atomic E-state index is -1.20. The normalized spacial score (nSPS) is 11.7. The fourth-order valence-electron chi connectivity index (χ4n) is 4.10. The van der Waals surface area contributed by atoms with Gasteiger partial charge in [0, 0.05) is 27.4 Å². The Kier molecular flexibility index (Phi) is 11.4. The number of anilines is 2. The van der Waals surface area contributed by atoms with Crippen LogP contribution in [0.2, 0.25) is 5.02 Å². The van der Waals surface area contributed by atoms with Gasteiger partial charge in [-0.25, -0.2) is 4.79 Å². The summed E-state index contributed by atoms with van der Waals surface area (Å²) in [7, 11) is 0. The second-order valence-corrected chi connectivity index (χ2v) is 11.4. The van der Waals surface area contributed by atoms with Crippen LogP contribution in [-0.4, -0.2) is 40.7 Å². The number of halogens is 1. The van der Waals surface area contributed by atoms with Crippen molar-refractivity contribution in [2.24, 2.45) is 0 Å². The number of carboxylic acid groups (broad SMARTS) is 1. The van der Waals surface area contributed by atoms with E-state index in [0.717, 1.165) is 0 Å². The Morgan fingerprint density at radius 2 is 1.60 bits per heavy atom. The van der Waals surface area contributed by atoms with Crippen LogP contribution in [0, 0.1) is 0 Å². The van der Waals surface area contributed by atoms with Gasteiger partial charge in [0.15, 0.2) is 0 Å². The van der Waals surface area contributed by atoms with Crippen molar-refractivity contribution < 1.29 is 29.0 Å². The zero-order valence-electron chi connectivity index (χ0n) is 24.4.